The number of aromatic nitrogens is 1. The van der Waals surface area contributed by atoms with Crippen LogP contribution in [0.3, 0.4) is 0 Å². The molecule has 2 N–H and O–H groups in total. The Bertz CT molecular complexity index is 511. The second kappa shape index (κ2) is 5.98. The molecule has 1 aromatic carbocycles. The average Bonchev–Trinajstić information content (AvgIpc) is 2.32. The van der Waals surface area contributed by atoms with Gasteiger partial charge in [-0.25, -0.2) is 0 Å². The highest BCUT2D eigenvalue weighted by Crippen LogP contribution is 2.14. The highest BCUT2D eigenvalue weighted by Gasteiger charge is 2.03. The number of benzene rings is 1. The Hall–Kier alpha value is -1.39. The van der Waals surface area contributed by atoms with Gasteiger partial charge in [-0.2, -0.15) is 0 Å². The van der Waals surface area contributed by atoms with Crippen molar-refractivity contribution in [1.29, 1.82) is 0 Å². The number of anilines is 1. The van der Waals surface area contributed by atoms with Crippen molar-refractivity contribution in [3.63, 3.8) is 0 Å². The Balaban J connectivity index is 1.96. The van der Waals surface area contributed by atoms with Crippen molar-refractivity contribution in [2.75, 3.05) is 12.8 Å². The van der Waals surface area contributed by atoms with E-state index in [1.54, 1.807) is 6.20 Å². The number of nitrogen functional groups attached to an aromatic ring is 1. The minimum atomic E-state index is 0.702. The highest BCUT2D eigenvalue weighted by atomic mass is 79.9. The van der Waals surface area contributed by atoms with Crippen LogP contribution in [0.25, 0.3) is 0 Å². The molecule has 2 rings (SSSR count). The van der Waals surface area contributed by atoms with Crippen molar-refractivity contribution in [1.82, 2.24) is 9.88 Å². The molecule has 0 aliphatic carbocycles. The molecule has 0 amide bonds. The fourth-order valence-electron chi connectivity index (χ4n) is 1.81. The molecule has 3 nitrogen and oxygen atoms in total. The SMILES string of the molecule is CN(Cc1cccc(Br)c1)Cc1ccc(N)cn1. The first kappa shape index (κ1) is 13.1. The minimum absolute atomic E-state index is 0.702. The zero-order valence-electron chi connectivity index (χ0n) is 10.3. The van der Waals surface area contributed by atoms with Crippen LogP contribution in [-0.2, 0) is 13.1 Å². The van der Waals surface area contributed by atoms with E-state index in [-0.39, 0.29) is 0 Å². The molecular weight excluding hydrogens is 290 g/mol. The average molecular weight is 306 g/mol. The summed E-state index contributed by atoms with van der Waals surface area (Å²) in [6.45, 7) is 1.71. The zero-order valence-corrected chi connectivity index (χ0v) is 11.9. The molecule has 1 heterocycles. The fourth-order valence-corrected chi connectivity index (χ4v) is 2.26. The number of nitrogens with zero attached hydrogens (tertiary/aromatic N) is 2. The third-order valence-corrected chi connectivity index (χ3v) is 3.11. The first-order chi connectivity index (χ1) is 8.63. The van der Waals surface area contributed by atoms with Crippen LogP contribution in [0.4, 0.5) is 5.69 Å². The van der Waals surface area contributed by atoms with Gasteiger partial charge in [0.25, 0.3) is 0 Å². The van der Waals surface area contributed by atoms with Crippen LogP contribution in [0.5, 0.6) is 0 Å². The van der Waals surface area contributed by atoms with Gasteiger partial charge in [-0.1, -0.05) is 28.1 Å². The molecule has 2 aromatic rings. The summed E-state index contributed by atoms with van der Waals surface area (Å²) >= 11 is 3.48. The van der Waals surface area contributed by atoms with E-state index in [4.69, 9.17) is 5.73 Å². The monoisotopic (exact) mass is 305 g/mol. The lowest BCUT2D eigenvalue weighted by Gasteiger charge is -2.16. The summed E-state index contributed by atoms with van der Waals surface area (Å²) < 4.78 is 1.11. The first-order valence-electron chi connectivity index (χ1n) is 5.77. The van der Waals surface area contributed by atoms with E-state index in [2.05, 4.69) is 51.1 Å². The topological polar surface area (TPSA) is 42.1 Å². The first-order valence-corrected chi connectivity index (χ1v) is 6.56. The summed E-state index contributed by atoms with van der Waals surface area (Å²) in [5.41, 5.74) is 8.63. The van der Waals surface area contributed by atoms with Crippen LogP contribution in [0.15, 0.2) is 47.1 Å². The molecule has 0 aliphatic rings. The smallest absolute Gasteiger partial charge is 0.0545 e. The van der Waals surface area contributed by atoms with Gasteiger partial charge in [0.2, 0.25) is 0 Å². The lowest BCUT2D eigenvalue weighted by Crippen LogP contribution is -2.17. The molecule has 0 radical (unpaired) electrons. The number of hydrogen-bond donors (Lipinski definition) is 1. The second-order valence-electron chi connectivity index (χ2n) is 4.39. The van der Waals surface area contributed by atoms with E-state index in [0.717, 1.165) is 23.3 Å². The summed E-state index contributed by atoms with van der Waals surface area (Å²) in [4.78, 5) is 6.52. The van der Waals surface area contributed by atoms with Gasteiger partial charge in [0.15, 0.2) is 0 Å². The number of pyridine rings is 1. The summed E-state index contributed by atoms with van der Waals surface area (Å²) in [5, 5.41) is 0. The van der Waals surface area contributed by atoms with Crippen LogP contribution >= 0.6 is 15.9 Å². The highest BCUT2D eigenvalue weighted by molar-refractivity contribution is 9.10. The molecule has 0 spiro atoms. The molecule has 18 heavy (non-hydrogen) atoms. The van der Waals surface area contributed by atoms with Crippen LogP contribution in [0.2, 0.25) is 0 Å². The molecule has 0 saturated carbocycles. The summed E-state index contributed by atoms with van der Waals surface area (Å²) in [7, 11) is 2.08. The quantitative estimate of drug-likeness (QED) is 0.944. The maximum atomic E-state index is 5.62. The van der Waals surface area contributed by atoms with Gasteiger partial charge in [0.05, 0.1) is 17.6 Å². The van der Waals surface area contributed by atoms with Gasteiger partial charge in [-0.15, -0.1) is 0 Å². The van der Waals surface area contributed by atoms with E-state index in [1.807, 2.05) is 18.2 Å². The second-order valence-corrected chi connectivity index (χ2v) is 5.30. The zero-order chi connectivity index (χ0) is 13.0. The number of rotatable bonds is 4. The summed E-state index contributed by atoms with van der Waals surface area (Å²) in [6, 6.07) is 12.2. The van der Waals surface area contributed by atoms with Crippen molar-refractivity contribution in [2.45, 2.75) is 13.1 Å². The van der Waals surface area contributed by atoms with Crippen molar-refractivity contribution in [2.24, 2.45) is 0 Å². The molecule has 94 valence electrons. The maximum Gasteiger partial charge on any atom is 0.0545 e. The number of halogens is 1. The fraction of sp³-hybridized carbons (Fsp3) is 0.214. The molecule has 0 saturated heterocycles. The number of hydrogen-bond acceptors (Lipinski definition) is 3. The Kier molecular flexibility index (Phi) is 4.33. The molecule has 0 atom stereocenters. The predicted molar refractivity (Wildman–Crippen MR) is 78.0 cm³/mol. The van der Waals surface area contributed by atoms with Gasteiger partial charge >= 0.3 is 0 Å². The molecule has 0 fully saturated rings. The van der Waals surface area contributed by atoms with Crippen LogP contribution in [0.1, 0.15) is 11.3 Å². The van der Waals surface area contributed by atoms with Gasteiger partial charge in [-0.05, 0) is 36.9 Å². The Labute approximate surface area is 116 Å². The van der Waals surface area contributed by atoms with Crippen LogP contribution < -0.4 is 5.73 Å². The molecular formula is C14H16BrN3. The van der Waals surface area contributed by atoms with E-state index in [0.29, 0.717) is 5.69 Å². The third-order valence-electron chi connectivity index (χ3n) is 2.62. The lowest BCUT2D eigenvalue weighted by atomic mass is 10.2. The van der Waals surface area contributed by atoms with Crippen molar-refractivity contribution < 1.29 is 0 Å². The van der Waals surface area contributed by atoms with Crippen molar-refractivity contribution in [3.05, 3.63) is 58.3 Å². The maximum absolute atomic E-state index is 5.62. The normalized spacial score (nSPS) is 10.8. The Morgan fingerprint density at radius 2 is 2.06 bits per heavy atom. The third kappa shape index (κ3) is 3.82. The largest absolute Gasteiger partial charge is 0.397 e. The summed E-state index contributed by atoms with van der Waals surface area (Å²) in [6.07, 6.45) is 1.70. The summed E-state index contributed by atoms with van der Waals surface area (Å²) in [5.74, 6) is 0. The number of nitrogens with two attached hydrogens (primary N) is 1. The standard InChI is InChI=1S/C14H16BrN3/c1-18(9-11-3-2-4-12(15)7-11)10-14-6-5-13(16)8-17-14/h2-8H,9-10,16H2,1H3. The molecule has 4 heteroatoms. The van der Waals surface area contributed by atoms with Crippen LogP contribution in [-0.4, -0.2) is 16.9 Å². The molecule has 0 aliphatic heterocycles. The van der Waals surface area contributed by atoms with E-state index >= 15 is 0 Å². The van der Waals surface area contributed by atoms with Gasteiger partial charge in [0.1, 0.15) is 0 Å². The molecule has 1 aromatic heterocycles. The predicted octanol–water partition coefficient (Wildman–Crippen LogP) is 3.06. The van der Waals surface area contributed by atoms with Gasteiger partial charge < -0.3 is 5.73 Å². The Morgan fingerprint density at radius 1 is 1.22 bits per heavy atom. The van der Waals surface area contributed by atoms with Crippen LogP contribution in [0, 0.1) is 0 Å². The Morgan fingerprint density at radius 3 is 2.72 bits per heavy atom. The minimum Gasteiger partial charge on any atom is -0.397 e. The van der Waals surface area contributed by atoms with E-state index in [1.165, 1.54) is 5.56 Å². The van der Waals surface area contributed by atoms with E-state index < -0.39 is 0 Å². The van der Waals surface area contributed by atoms with Crippen molar-refractivity contribution in [3.8, 4) is 0 Å². The lowest BCUT2D eigenvalue weighted by molar-refractivity contribution is 0.315. The molecule has 0 bridgehead atoms. The van der Waals surface area contributed by atoms with Gasteiger partial charge in [-0.3, -0.25) is 9.88 Å². The van der Waals surface area contributed by atoms with E-state index in [9.17, 15) is 0 Å². The molecule has 0 unspecified atom stereocenters. The van der Waals surface area contributed by atoms with Gasteiger partial charge in [0, 0.05) is 17.6 Å². The van der Waals surface area contributed by atoms with Crippen molar-refractivity contribution >= 4 is 21.6 Å².